The zero-order valence-electron chi connectivity index (χ0n) is 16.4. The number of hydrogen-bond acceptors (Lipinski definition) is 2. The summed E-state index contributed by atoms with van der Waals surface area (Å²) in [5.74, 6) is -0.891. The highest BCUT2D eigenvalue weighted by Crippen LogP contribution is 2.24. The van der Waals surface area contributed by atoms with Crippen molar-refractivity contribution in [1.29, 1.82) is 0 Å². The summed E-state index contributed by atoms with van der Waals surface area (Å²) in [5, 5.41) is 13.8. The van der Waals surface area contributed by atoms with Crippen LogP contribution >= 0.6 is 11.6 Å². The van der Waals surface area contributed by atoms with Crippen LogP contribution in [0.1, 0.15) is 44.0 Å². The molecule has 28 heavy (non-hydrogen) atoms. The van der Waals surface area contributed by atoms with Crippen molar-refractivity contribution in [1.82, 2.24) is 9.88 Å². The minimum absolute atomic E-state index is 0.385. The van der Waals surface area contributed by atoms with Crippen molar-refractivity contribution in [2.75, 3.05) is 0 Å². The highest BCUT2D eigenvalue weighted by Gasteiger charge is 2.22. The minimum atomic E-state index is -0.891. The monoisotopic (exact) mass is 396 g/mol. The number of nitrogens with zero attached hydrogens (tertiary/aromatic N) is 1. The lowest BCUT2D eigenvalue weighted by molar-refractivity contribution is 0.0694. The van der Waals surface area contributed by atoms with E-state index in [0.717, 1.165) is 28.1 Å². The maximum absolute atomic E-state index is 11.9. The van der Waals surface area contributed by atoms with Crippen molar-refractivity contribution < 1.29 is 9.90 Å². The van der Waals surface area contributed by atoms with E-state index in [1.807, 2.05) is 38.1 Å². The van der Waals surface area contributed by atoms with Crippen molar-refractivity contribution in [2.45, 2.75) is 40.4 Å². The van der Waals surface area contributed by atoms with Crippen LogP contribution in [0.4, 0.5) is 0 Å². The molecule has 1 heterocycles. The number of aromatic nitrogens is 1. The molecule has 0 fully saturated rings. The van der Waals surface area contributed by atoms with E-state index in [4.69, 9.17) is 11.6 Å². The van der Waals surface area contributed by atoms with Gasteiger partial charge < -0.3 is 15.0 Å². The van der Waals surface area contributed by atoms with E-state index in [0.29, 0.717) is 30.2 Å². The topological polar surface area (TPSA) is 54.3 Å². The van der Waals surface area contributed by atoms with Gasteiger partial charge >= 0.3 is 5.97 Å². The molecule has 5 heteroatoms. The summed E-state index contributed by atoms with van der Waals surface area (Å²) in [6.07, 6.45) is 0. The molecule has 0 bridgehead atoms. The first-order valence-corrected chi connectivity index (χ1v) is 9.67. The van der Waals surface area contributed by atoms with Crippen molar-refractivity contribution in [3.63, 3.8) is 0 Å². The molecule has 0 saturated carbocycles. The zero-order chi connectivity index (χ0) is 20.3. The molecule has 2 aromatic carbocycles. The average Bonchev–Trinajstić information content (AvgIpc) is 2.89. The molecule has 0 aliphatic rings. The van der Waals surface area contributed by atoms with Crippen LogP contribution in [0.15, 0.2) is 48.5 Å². The molecular weight excluding hydrogens is 372 g/mol. The number of rotatable bonds is 7. The number of hydrogen-bond donors (Lipinski definition) is 2. The Morgan fingerprint density at radius 3 is 2.32 bits per heavy atom. The molecule has 3 aromatic rings. The Labute approximate surface area is 170 Å². The Kier molecular flexibility index (Phi) is 6.22. The van der Waals surface area contributed by atoms with Crippen molar-refractivity contribution in [3.8, 4) is 0 Å². The molecule has 0 saturated heterocycles. The van der Waals surface area contributed by atoms with Gasteiger partial charge in [0.25, 0.3) is 0 Å². The van der Waals surface area contributed by atoms with Gasteiger partial charge in [-0.15, -0.1) is 0 Å². The third-order valence-corrected chi connectivity index (χ3v) is 5.53. The van der Waals surface area contributed by atoms with E-state index in [1.165, 1.54) is 5.56 Å². The second-order valence-corrected chi connectivity index (χ2v) is 7.50. The number of halogens is 1. The second kappa shape index (κ2) is 8.63. The highest BCUT2D eigenvalue weighted by molar-refractivity contribution is 6.31. The van der Waals surface area contributed by atoms with E-state index in [-0.39, 0.29) is 0 Å². The van der Waals surface area contributed by atoms with E-state index >= 15 is 0 Å². The van der Waals surface area contributed by atoms with Gasteiger partial charge in [0.1, 0.15) is 0 Å². The van der Waals surface area contributed by atoms with Gasteiger partial charge in [0.15, 0.2) is 0 Å². The van der Waals surface area contributed by atoms with Crippen LogP contribution < -0.4 is 5.32 Å². The Morgan fingerprint density at radius 2 is 1.68 bits per heavy atom. The summed E-state index contributed by atoms with van der Waals surface area (Å²) in [6, 6.07) is 16.0. The smallest absolute Gasteiger partial charge is 0.337 e. The largest absolute Gasteiger partial charge is 0.478 e. The Hall–Kier alpha value is -2.56. The molecule has 0 spiro atoms. The molecule has 0 aliphatic carbocycles. The quantitative estimate of drug-likeness (QED) is 0.584. The zero-order valence-corrected chi connectivity index (χ0v) is 17.2. The third kappa shape index (κ3) is 4.29. The Bertz CT molecular complexity index is 991. The number of aryl methyl sites for hydroxylation is 1. The predicted octanol–water partition coefficient (Wildman–Crippen LogP) is 5.10. The van der Waals surface area contributed by atoms with Crippen LogP contribution in [0.2, 0.25) is 5.02 Å². The third-order valence-electron chi connectivity index (χ3n) is 5.16. The summed E-state index contributed by atoms with van der Waals surface area (Å²) in [6.45, 7) is 7.63. The van der Waals surface area contributed by atoms with Crippen molar-refractivity contribution in [3.05, 3.63) is 92.8 Å². The standard InChI is InChI=1S/C23H25ClN2O2/c1-15-8-10-18(11-9-15)14-26-16(2)20(22(17(26)3)23(27)28)13-25-12-19-6-4-5-7-21(19)24/h4-11,25H,12-14H2,1-3H3,(H,27,28). The SMILES string of the molecule is Cc1ccc(Cn2c(C)c(CNCc3ccccc3Cl)c(C(=O)O)c2C)cc1. The number of carboxylic acid groups (broad SMARTS) is 1. The molecule has 146 valence electrons. The molecule has 3 rings (SSSR count). The van der Waals surface area contributed by atoms with Gasteiger partial charge in [-0.3, -0.25) is 0 Å². The molecule has 0 aliphatic heterocycles. The summed E-state index contributed by atoms with van der Waals surface area (Å²) in [7, 11) is 0. The van der Waals surface area contributed by atoms with Crippen molar-refractivity contribution in [2.24, 2.45) is 0 Å². The van der Waals surface area contributed by atoms with Gasteiger partial charge in [-0.05, 0) is 38.0 Å². The van der Waals surface area contributed by atoms with Gasteiger partial charge in [-0.25, -0.2) is 4.79 Å². The molecule has 0 amide bonds. The molecule has 0 radical (unpaired) electrons. The van der Waals surface area contributed by atoms with Gasteiger partial charge in [0.05, 0.1) is 5.56 Å². The normalized spacial score (nSPS) is 11.0. The van der Waals surface area contributed by atoms with Gasteiger partial charge in [0.2, 0.25) is 0 Å². The van der Waals surface area contributed by atoms with Gasteiger partial charge in [-0.2, -0.15) is 0 Å². The van der Waals surface area contributed by atoms with Crippen LogP contribution in [0.25, 0.3) is 0 Å². The Balaban J connectivity index is 1.84. The molecule has 2 N–H and O–H groups in total. The first-order chi connectivity index (χ1) is 13.4. The fourth-order valence-electron chi connectivity index (χ4n) is 3.53. The maximum atomic E-state index is 11.9. The van der Waals surface area contributed by atoms with Gasteiger partial charge in [-0.1, -0.05) is 59.6 Å². The number of carbonyl (C=O) groups is 1. The lowest BCUT2D eigenvalue weighted by atomic mass is 10.1. The Morgan fingerprint density at radius 1 is 1.00 bits per heavy atom. The molecule has 1 aromatic heterocycles. The first-order valence-electron chi connectivity index (χ1n) is 9.30. The number of carboxylic acids is 1. The average molecular weight is 397 g/mol. The van der Waals surface area contributed by atoms with Crippen LogP contribution in [0.3, 0.4) is 0 Å². The fourth-order valence-corrected chi connectivity index (χ4v) is 3.73. The number of aromatic carboxylic acids is 1. The van der Waals surface area contributed by atoms with Crippen LogP contribution in [0.5, 0.6) is 0 Å². The van der Waals surface area contributed by atoms with Gasteiger partial charge in [0, 0.05) is 41.6 Å². The van der Waals surface area contributed by atoms with E-state index in [9.17, 15) is 9.90 Å². The van der Waals surface area contributed by atoms with Crippen LogP contribution in [0, 0.1) is 20.8 Å². The number of benzene rings is 2. The first kappa shape index (κ1) is 20.2. The van der Waals surface area contributed by atoms with E-state index in [2.05, 4.69) is 41.1 Å². The lowest BCUT2D eigenvalue weighted by Gasteiger charge is -2.11. The molecule has 4 nitrogen and oxygen atoms in total. The van der Waals surface area contributed by atoms with Crippen LogP contribution in [-0.2, 0) is 19.6 Å². The van der Waals surface area contributed by atoms with Crippen LogP contribution in [-0.4, -0.2) is 15.6 Å². The molecule has 0 unspecified atom stereocenters. The lowest BCUT2D eigenvalue weighted by Crippen LogP contribution is -2.15. The summed E-state index contributed by atoms with van der Waals surface area (Å²) in [5.41, 5.74) is 6.32. The second-order valence-electron chi connectivity index (χ2n) is 7.10. The summed E-state index contributed by atoms with van der Waals surface area (Å²) < 4.78 is 2.08. The van der Waals surface area contributed by atoms with E-state index < -0.39 is 5.97 Å². The minimum Gasteiger partial charge on any atom is -0.478 e. The van der Waals surface area contributed by atoms with E-state index in [1.54, 1.807) is 0 Å². The molecular formula is C23H25ClN2O2. The number of nitrogens with one attached hydrogen (secondary N) is 1. The summed E-state index contributed by atoms with van der Waals surface area (Å²) >= 11 is 6.21. The highest BCUT2D eigenvalue weighted by atomic mass is 35.5. The summed E-state index contributed by atoms with van der Waals surface area (Å²) in [4.78, 5) is 11.9. The predicted molar refractivity (Wildman–Crippen MR) is 113 cm³/mol. The molecule has 0 atom stereocenters. The van der Waals surface area contributed by atoms with Crippen molar-refractivity contribution >= 4 is 17.6 Å². The fraction of sp³-hybridized carbons (Fsp3) is 0.261. The maximum Gasteiger partial charge on any atom is 0.337 e.